The molecule has 0 aliphatic rings. The summed E-state index contributed by atoms with van der Waals surface area (Å²) in [5.74, 6) is 1.07. The van der Waals surface area contributed by atoms with Crippen LogP contribution in [0.3, 0.4) is 0 Å². The van der Waals surface area contributed by atoms with Gasteiger partial charge in [0.05, 0.1) is 10.0 Å². The summed E-state index contributed by atoms with van der Waals surface area (Å²) in [7, 11) is 0. The van der Waals surface area contributed by atoms with Crippen LogP contribution in [0.25, 0.3) is 0 Å². The summed E-state index contributed by atoms with van der Waals surface area (Å²) >= 11 is 6.67. The van der Waals surface area contributed by atoms with E-state index in [9.17, 15) is 0 Å². The van der Waals surface area contributed by atoms with Crippen molar-refractivity contribution in [1.82, 2.24) is 0 Å². The maximum atomic E-state index is 9.06. The monoisotopic (exact) mass is 366 g/mol. The molecule has 0 aliphatic carbocycles. The van der Waals surface area contributed by atoms with Gasteiger partial charge in [-0.25, -0.2) is 0 Å². The van der Waals surface area contributed by atoms with Crippen molar-refractivity contribution in [3.63, 3.8) is 0 Å². The predicted octanol–water partition coefficient (Wildman–Crippen LogP) is 4.46. The van der Waals surface area contributed by atoms with E-state index in [0.717, 1.165) is 4.47 Å². The molecule has 18 heavy (non-hydrogen) atoms. The van der Waals surface area contributed by atoms with Crippen LogP contribution in [0.2, 0.25) is 0 Å². The summed E-state index contributed by atoms with van der Waals surface area (Å²) in [6.45, 7) is 0. The lowest BCUT2D eigenvalue weighted by molar-refractivity contribution is 0.478. The molecule has 0 fully saturated rings. The number of benzene rings is 2. The Labute approximate surface area is 121 Å². The molecular formula is C13H8Br2N2O. The molecule has 0 atom stereocenters. The summed E-state index contributed by atoms with van der Waals surface area (Å²) in [5.41, 5.74) is 6.81. The van der Waals surface area contributed by atoms with Crippen LogP contribution < -0.4 is 10.5 Å². The topological polar surface area (TPSA) is 59.0 Å². The lowest BCUT2D eigenvalue weighted by atomic mass is 10.2. The van der Waals surface area contributed by atoms with E-state index >= 15 is 0 Å². The minimum Gasteiger partial charge on any atom is -0.455 e. The van der Waals surface area contributed by atoms with E-state index in [4.69, 9.17) is 15.7 Å². The van der Waals surface area contributed by atoms with Crippen LogP contribution in [0.15, 0.2) is 45.3 Å². The fourth-order valence-corrected chi connectivity index (χ4v) is 2.11. The standard InChI is InChI=1S/C13H8Br2N2O/c14-9-4-5-11(8(6-9)7-16)18-12-3-1-2-10(17)13(12)15/h1-6H,17H2. The van der Waals surface area contributed by atoms with E-state index in [1.54, 1.807) is 30.3 Å². The third-order valence-corrected chi connectivity index (χ3v) is 3.62. The van der Waals surface area contributed by atoms with Crippen molar-refractivity contribution < 1.29 is 4.74 Å². The predicted molar refractivity (Wildman–Crippen MR) is 77.5 cm³/mol. The van der Waals surface area contributed by atoms with Gasteiger partial charge in [0.1, 0.15) is 17.6 Å². The van der Waals surface area contributed by atoms with Crippen LogP contribution in [0.5, 0.6) is 11.5 Å². The summed E-state index contributed by atoms with van der Waals surface area (Å²) < 4.78 is 7.21. The molecule has 0 saturated heterocycles. The smallest absolute Gasteiger partial charge is 0.145 e. The van der Waals surface area contributed by atoms with Gasteiger partial charge >= 0.3 is 0 Å². The molecule has 90 valence electrons. The highest BCUT2D eigenvalue weighted by atomic mass is 79.9. The molecular weight excluding hydrogens is 360 g/mol. The molecule has 5 heteroatoms. The number of ether oxygens (including phenoxy) is 1. The van der Waals surface area contributed by atoms with Gasteiger partial charge in [-0.3, -0.25) is 0 Å². The summed E-state index contributed by atoms with van der Waals surface area (Å²) in [4.78, 5) is 0. The van der Waals surface area contributed by atoms with E-state index < -0.39 is 0 Å². The molecule has 0 aliphatic heterocycles. The summed E-state index contributed by atoms with van der Waals surface area (Å²) in [6.07, 6.45) is 0. The van der Waals surface area contributed by atoms with Crippen LogP contribution in [0.4, 0.5) is 5.69 Å². The molecule has 2 N–H and O–H groups in total. The van der Waals surface area contributed by atoms with Crippen molar-refractivity contribution in [1.29, 1.82) is 5.26 Å². The van der Waals surface area contributed by atoms with Crippen LogP contribution in [0, 0.1) is 11.3 Å². The van der Waals surface area contributed by atoms with Crippen molar-refractivity contribution in [3.8, 4) is 17.6 Å². The van der Waals surface area contributed by atoms with Gasteiger partial charge in [-0.2, -0.15) is 5.26 Å². The molecule has 3 nitrogen and oxygen atoms in total. The third kappa shape index (κ3) is 2.66. The fraction of sp³-hybridized carbons (Fsp3) is 0. The molecule has 0 unspecified atom stereocenters. The van der Waals surface area contributed by atoms with Gasteiger partial charge in [-0.05, 0) is 46.3 Å². The van der Waals surface area contributed by atoms with Gasteiger partial charge < -0.3 is 10.5 Å². The number of hydrogen-bond acceptors (Lipinski definition) is 3. The first kappa shape index (κ1) is 12.9. The number of nitrogen functional groups attached to an aromatic ring is 1. The molecule has 0 heterocycles. The van der Waals surface area contributed by atoms with Crippen molar-refractivity contribution in [2.75, 3.05) is 5.73 Å². The summed E-state index contributed by atoms with van der Waals surface area (Å²) in [5, 5.41) is 9.06. The Morgan fingerprint density at radius 1 is 1.11 bits per heavy atom. The normalized spacial score (nSPS) is 9.83. The van der Waals surface area contributed by atoms with Gasteiger partial charge in [0.15, 0.2) is 0 Å². The Kier molecular flexibility index (Phi) is 3.90. The Bertz CT molecular complexity index is 635. The number of nitrogens with two attached hydrogens (primary N) is 1. The van der Waals surface area contributed by atoms with E-state index in [-0.39, 0.29) is 0 Å². The highest BCUT2D eigenvalue weighted by Crippen LogP contribution is 2.35. The van der Waals surface area contributed by atoms with Crippen molar-refractivity contribution in [2.45, 2.75) is 0 Å². The number of anilines is 1. The first-order valence-corrected chi connectivity index (χ1v) is 6.62. The maximum Gasteiger partial charge on any atom is 0.145 e. The number of halogens is 2. The van der Waals surface area contributed by atoms with Gasteiger partial charge in [0, 0.05) is 10.2 Å². The van der Waals surface area contributed by atoms with Crippen LogP contribution >= 0.6 is 31.9 Å². The molecule has 2 aromatic carbocycles. The third-order valence-electron chi connectivity index (χ3n) is 2.28. The van der Waals surface area contributed by atoms with E-state index in [1.807, 2.05) is 6.07 Å². The number of rotatable bonds is 2. The zero-order chi connectivity index (χ0) is 13.1. The van der Waals surface area contributed by atoms with Crippen LogP contribution in [0.1, 0.15) is 5.56 Å². The number of nitrogens with zero attached hydrogens (tertiary/aromatic N) is 1. The lowest BCUT2D eigenvalue weighted by Crippen LogP contribution is -1.92. The maximum absolute atomic E-state index is 9.06. The highest BCUT2D eigenvalue weighted by molar-refractivity contribution is 9.11. The first-order chi connectivity index (χ1) is 8.61. The van der Waals surface area contributed by atoms with Gasteiger partial charge in [-0.1, -0.05) is 22.0 Å². The molecule has 0 saturated carbocycles. The van der Waals surface area contributed by atoms with Gasteiger partial charge in [0.2, 0.25) is 0 Å². The average Bonchev–Trinajstić information content (AvgIpc) is 2.37. The Morgan fingerprint density at radius 2 is 1.89 bits per heavy atom. The lowest BCUT2D eigenvalue weighted by Gasteiger charge is -2.10. The molecule has 2 aromatic rings. The quantitative estimate of drug-likeness (QED) is 0.797. The largest absolute Gasteiger partial charge is 0.455 e. The molecule has 2 rings (SSSR count). The zero-order valence-corrected chi connectivity index (χ0v) is 12.3. The fourth-order valence-electron chi connectivity index (χ4n) is 1.40. The van der Waals surface area contributed by atoms with Crippen molar-refractivity contribution >= 4 is 37.5 Å². The number of nitriles is 1. The average molecular weight is 368 g/mol. The second kappa shape index (κ2) is 5.42. The number of hydrogen-bond donors (Lipinski definition) is 1. The first-order valence-electron chi connectivity index (χ1n) is 5.03. The van der Waals surface area contributed by atoms with Crippen molar-refractivity contribution in [3.05, 3.63) is 50.9 Å². The van der Waals surface area contributed by atoms with Gasteiger partial charge in [0.25, 0.3) is 0 Å². The van der Waals surface area contributed by atoms with E-state index in [1.165, 1.54) is 0 Å². The van der Waals surface area contributed by atoms with Crippen LogP contribution in [-0.4, -0.2) is 0 Å². The van der Waals surface area contributed by atoms with Crippen LogP contribution in [-0.2, 0) is 0 Å². The Balaban J connectivity index is 2.41. The van der Waals surface area contributed by atoms with Gasteiger partial charge in [-0.15, -0.1) is 0 Å². The summed E-state index contributed by atoms with van der Waals surface area (Å²) in [6, 6.07) is 12.7. The molecule has 0 spiro atoms. The minimum atomic E-state index is 0.457. The molecule has 0 aromatic heterocycles. The second-order valence-corrected chi connectivity index (χ2v) is 5.22. The SMILES string of the molecule is N#Cc1cc(Br)ccc1Oc1cccc(N)c1Br. The Hall–Kier alpha value is -1.51. The van der Waals surface area contributed by atoms with Crippen molar-refractivity contribution in [2.24, 2.45) is 0 Å². The Morgan fingerprint density at radius 3 is 2.61 bits per heavy atom. The molecule has 0 bridgehead atoms. The zero-order valence-electron chi connectivity index (χ0n) is 9.15. The van der Waals surface area contributed by atoms with E-state index in [0.29, 0.717) is 27.2 Å². The molecule has 0 amide bonds. The second-order valence-electron chi connectivity index (χ2n) is 3.51. The minimum absolute atomic E-state index is 0.457. The highest BCUT2D eigenvalue weighted by Gasteiger charge is 2.09. The van der Waals surface area contributed by atoms with E-state index in [2.05, 4.69) is 37.9 Å². The molecule has 0 radical (unpaired) electrons.